The Kier molecular flexibility index (Phi) is 7.26. The van der Waals surface area contributed by atoms with Crippen LogP contribution >= 0.6 is 0 Å². The number of fused-ring (bicyclic) bond motifs is 17. The van der Waals surface area contributed by atoms with Crippen LogP contribution in [0.2, 0.25) is 0 Å². The van der Waals surface area contributed by atoms with Gasteiger partial charge in [0.1, 0.15) is 0 Å². The van der Waals surface area contributed by atoms with Crippen molar-refractivity contribution < 1.29 is 0 Å². The summed E-state index contributed by atoms with van der Waals surface area (Å²) < 4.78 is 0. The Labute approximate surface area is 354 Å². The molecule has 13 rings (SSSR count). The third kappa shape index (κ3) is 4.85. The molecular formula is C59H36N2. The maximum absolute atomic E-state index is 5.09. The molecule has 2 aliphatic rings. The van der Waals surface area contributed by atoms with Crippen LogP contribution in [0.3, 0.4) is 0 Å². The zero-order valence-corrected chi connectivity index (χ0v) is 33.2. The normalized spacial score (nSPS) is 13.0. The van der Waals surface area contributed by atoms with Crippen molar-refractivity contribution >= 4 is 32.3 Å². The van der Waals surface area contributed by atoms with Gasteiger partial charge in [0, 0.05) is 16.7 Å². The molecule has 2 aliphatic carbocycles. The van der Waals surface area contributed by atoms with Crippen molar-refractivity contribution in [2.45, 2.75) is 5.41 Å². The van der Waals surface area contributed by atoms with Crippen molar-refractivity contribution in [3.63, 3.8) is 0 Å². The Morgan fingerprint density at radius 2 is 0.803 bits per heavy atom. The van der Waals surface area contributed by atoms with Crippen molar-refractivity contribution in [1.29, 1.82) is 0 Å². The van der Waals surface area contributed by atoms with E-state index in [4.69, 9.17) is 9.97 Å². The molecule has 0 saturated heterocycles. The van der Waals surface area contributed by atoms with Gasteiger partial charge in [0.25, 0.3) is 0 Å². The van der Waals surface area contributed by atoms with E-state index in [2.05, 4.69) is 194 Å². The summed E-state index contributed by atoms with van der Waals surface area (Å²) in [5.74, 6) is 0.719. The average Bonchev–Trinajstić information content (AvgIpc) is 3.82. The lowest BCUT2D eigenvalue weighted by atomic mass is 9.68. The second-order valence-corrected chi connectivity index (χ2v) is 16.4. The Balaban J connectivity index is 0.998. The molecule has 2 heteroatoms. The summed E-state index contributed by atoms with van der Waals surface area (Å²) in [6.07, 6.45) is 0. The van der Waals surface area contributed by atoms with E-state index >= 15 is 0 Å². The van der Waals surface area contributed by atoms with E-state index in [0.717, 1.165) is 33.9 Å². The molecule has 0 atom stereocenters. The van der Waals surface area contributed by atoms with Crippen molar-refractivity contribution in [3.05, 3.63) is 241 Å². The molecule has 282 valence electrons. The van der Waals surface area contributed by atoms with E-state index in [9.17, 15) is 0 Å². The van der Waals surface area contributed by atoms with Crippen LogP contribution < -0.4 is 0 Å². The molecule has 1 heterocycles. The minimum atomic E-state index is -0.487. The highest BCUT2D eigenvalue weighted by atomic mass is 14.9. The fourth-order valence-electron chi connectivity index (χ4n) is 10.7. The van der Waals surface area contributed by atoms with Crippen LogP contribution in [0, 0.1) is 0 Å². The van der Waals surface area contributed by atoms with Crippen LogP contribution in [0.4, 0.5) is 0 Å². The van der Waals surface area contributed by atoms with Crippen molar-refractivity contribution in [3.8, 4) is 67.3 Å². The highest BCUT2D eigenvalue weighted by molar-refractivity contribution is 6.21. The second-order valence-electron chi connectivity index (χ2n) is 16.4. The third-order valence-corrected chi connectivity index (χ3v) is 13.3. The summed E-state index contributed by atoms with van der Waals surface area (Å²) in [5.41, 5.74) is 17.6. The van der Waals surface area contributed by atoms with Crippen molar-refractivity contribution in [2.24, 2.45) is 0 Å². The average molecular weight is 773 g/mol. The highest BCUT2D eigenvalue weighted by Crippen LogP contribution is 2.66. The second kappa shape index (κ2) is 13.0. The molecule has 0 saturated carbocycles. The Bertz CT molecular complexity index is 3470. The van der Waals surface area contributed by atoms with Gasteiger partial charge >= 0.3 is 0 Å². The third-order valence-electron chi connectivity index (χ3n) is 13.3. The zero-order valence-electron chi connectivity index (χ0n) is 33.2. The molecule has 61 heavy (non-hydrogen) atoms. The van der Waals surface area contributed by atoms with Crippen LogP contribution in [0.5, 0.6) is 0 Å². The van der Waals surface area contributed by atoms with Gasteiger partial charge < -0.3 is 0 Å². The Morgan fingerprint density at radius 3 is 1.48 bits per heavy atom. The molecule has 0 radical (unpaired) electrons. The van der Waals surface area contributed by atoms with E-state index in [-0.39, 0.29) is 0 Å². The van der Waals surface area contributed by atoms with Crippen molar-refractivity contribution in [2.75, 3.05) is 0 Å². The quantitative estimate of drug-likeness (QED) is 0.167. The molecule has 0 bridgehead atoms. The first-order valence-corrected chi connectivity index (χ1v) is 21.1. The van der Waals surface area contributed by atoms with Gasteiger partial charge in [-0.2, -0.15) is 0 Å². The lowest BCUT2D eigenvalue weighted by Gasteiger charge is -2.32. The van der Waals surface area contributed by atoms with E-state index in [1.54, 1.807) is 0 Å². The van der Waals surface area contributed by atoms with Gasteiger partial charge in [0.2, 0.25) is 0 Å². The lowest BCUT2D eigenvalue weighted by molar-refractivity contribution is 0.809. The molecule has 0 aliphatic heterocycles. The molecule has 0 fully saturated rings. The van der Waals surface area contributed by atoms with Gasteiger partial charge in [-0.25, -0.2) is 9.97 Å². The Hall–Kier alpha value is -7.94. The summed E-state index contributed by atoms with van der Waals surface area (Å²) >= 11 is 0. The standard InChI is InChI=1S/C59H36N2/c1-3-15-38(16-4-1)53-36-54(61-58(60-53)40-17-5-2-6-18-40)39-29-27-37(28-30-39)41-31-33-43-42(35-41)32-34-50-55-48-23-9-7-19-44(48)45-20-8-10-24-49(45)57(55)59(56(43)50)51-25-13-11-21-46(51)47-22-12-14-26-52(47)59/h1-36H. The summed E-state index contributed by atoms with van der Waals surface area (Å²) in [6, 6.07) is 79.8. The van der Waals surface area contributed by atoms with Gasteiger partial charge in [0.15, 0.2) is 5.82 Å². The smallest absolute Gasteiger partial charge is 0.160 e. The van der Waals surface area contributed by atoms with Gasteiger partial charge in [-0.1, -0.05) is 206 Å². The van der Waals surface area contributed by atoms with E-state index in [1.165, 1.54) is 88.0 Å². The summed E-state index contributed by atoms with van der Waals surface area (Å²) in [4.78, 5) is 10.1. The fourth-order valence-corrected chi connectivity index (χ4v) is 10.7. The predicted molar refractivity (Wildman–Crippen MR) is 253 cm³/mol. The molecule has 1 spiro atoms. The van der Waals surface area contributed by atoms with Gasteiger partial charge in [-0.15, -0.1) is 0 Å². The summed E-state index contributed by atoms with van der Waals surface area (Å²) in [6.45, 7) is 0. The van der Waals surface area contributed by atoms with Gasteiger partial charge in [-0.05, 0) is 100 Å². The molecule has 10 aromatic carbocycles. The molecule has 11 aromatic rings. The monoisotopic (exact) mass is 772 g/mol. The number of hydrogen-bond acceptors (Lipinski definition) is 2. The highest BCUT2D eigenvalue weighted by Gasteiger charge is 2.53. The van der Waals surface area contributed by atoms with E-state index < -0.39 is 5.41 Å². The summed E-state index contributed by atoms with van der Waals surface area (Å²) in [7, 11) is 0. The first-order valence-electron chi connectivity index (χ1n) is 21.1. The number of rotatable bonds is 4. The molecular weight excluding hydrogens is 737 g/mol. The van der Waals surface area contributed by atoms with Crippen LogP contribution in [0.15, 0.2) is 218 Å². The number of benzene rings is 10. The first-order chi connectivity index (χ1) is 30.3. The molecule has 2 nitrogen and oxygen atoms in total. The molecule has 0 amide bonds. The largest absolute Gasteiger partial charge is 0.228 e. The van der Waals surface area contributed by atoms with E-state index in [0.29, 0.717) is 0 Å². The van der Waals surface area contributed by atoms with Gasteiger partial charge in [-0.3, -0.25) is 0 Å². The van der Waals surface area contributed by atoms with Crippen LogP contribution in [-0.2, 0) is 5.41 Å². The first kappa shape index (κ1) is 34.0. The van der Waals surface area contributed by atoms with Gasteiger partial charge in [0.05, 0.1) is 16.8 Å². The predicted octanol–water partition coefficient (Wildman–Crippen LogP) is 14.9. The lowest BCUT2D eigenvalue weighted by Crippen LogP contribution is -2.26. The molecule has 0 N–H and O–H groups in total. The fraction of sp³-hybridized carbons (Fsp3) is 0.0169. The Morgan fingerprint density at radius 1 is 0.295 bits per heavy atom. The zero-order chi connectivity index (χ0) is 40.1. The molecule has 1 aromatic heterocycles. The number of aromatic nitrogens is 2. The topological polar surface area (TPSA) is 25.8 Å². The number of nitrogens with zero attached hydrogens (tertiary/aromatic N) is 2. The van der Waals surface area contributed by atoms with Crippen LogP contribution in [-0.4, -0.2) is 9.97 Å². The molecule has 0 unspecified atom stereocenters. The summed E-state index contributed by atoms with van der Waals surface area (Å²) in [5, 5.41) is 7.75. The minimum Gasteiger partial charge on any atom is -0.228 e. The maximum Gasteiger partial charge on any atom is 0.160 e. The SMILES string of the molecule is c1ccc(-c2cc(-c3ccc(-c4ccc5c6c(ccc5c4)-c4c(c5ccccc5c5ccccc45)C64c5ccccc5-c5ccccc54)cc3)nc(-c3ccccc3)n2)cc1. The van der Waals surface area contributed by atoms with Crippen LogP contribution in [0.25, 0.3) is 99.6 Å². The van der Waals surface area contributed by atoms with E-state index in [1.807, 2.05) is 24.3 Å². The van der Waals surface area contributed by atoms with Crippen LogP contribution in [0.1, 0.15) is 22.3 Å². The number of hydrogen-bond donors (Lipinski definition) is 0. The van der Waals surface area contributed by atoms with Crippen molar-refractivity contribution in [1.82, 2.24) is 9.97 Å². The minimum absolute atomic E-state index is 0.487. The maximum atomic E-state index is 5.09.